The molecular formula is C25H26FNO4. The maximum Gasteiger partial charge on any atom is 0.329 e. The van der Waals surface area contributed by atoms with Crippen LogP contribution in [0.25, 0.3) is 10.8 Å². The normalized spacial score (nSPS) is 11.9. The number of fused-ring (bicyclic) bond motifs is 1. The number of ether oxygens (including phenoxy) is 2. The SMILES string of the molecule is CC(C)[C@H](NC(=O)Cc1cccc2ccccc12)C(=O)OCCOc1ccc(F)cc1. The number of hydrogen-bond acceptors (Lipinski definition) is 4. The van der Waals surface area contributed by atoms with Crippen LogP contribution in [0.3, 0.4) is 0 Å². The third-order valence-electron chi connectivity index (χ3n) is 4.88. The Labute approximate surface area is 181 Å². The fourth-order valence-corrected chi connectivity index (χ4v) is 3.26. The molecule has 3 aromatic carbocycles. The quantitative estimate of drug-likeness (QED) is 0.412. The monoisotopic (exact) mass is 423 g/mol. The highest BCUT2D eigenvalue weighted by atomic mass is 19.1. The molecule has 0 aliphatic rings. The predicted molar refractivity (Wildman–Crippen MR) is 117 cm³/mol. The molecule has 0 aromatic heterocycles. The molecule has 0 saturated carbocycles. The maximum absolute atomic E-state index is 12.9. The highest BCUT2D eigenvalue weighted by Crippen LogP contribution is 2.19. The summed E-state index contributed by atoms with van der Waals surface area (Å²) < 4.78 is 23.6. The van der Waals surface area contributed by atoms with Gasteiger partial charge in [-0.2, -0.15) is 0 Å². The van der Waals surface area contributed by atoms with Crippen LogP contribution in [0.2, 0.25) is 0 Å². The van der Waals surface area contributed by atoms with Crippen LogP contribution in [0, 0.1) is 11.7 Å². The lowest BCUT2D eigenvalue weighted by Gasteiger charge is -2.21. The zero-order valence-electron chi connectivity index (χ0n) is 17.6. The minimum absolute atomic E-state index is 0.0264. The van der Waals surface area contributed by atoms with Crippen LogP contribution in [0.4, 0.5) is 4.39 Å². The van der Waals surface area contributed by atoms with Crippen molar-refractivity contribution in [1.82, 2.24) is 5.32 Å². The number of carbonyl (C=O) groups excluding carboxylic acids is 2. The van der Waals surface area contributed by atoms with Gasteiger partial charge in [0, 0.05) is 0 Å². The molecule has 5 nitrogen and oxygen atoms in total. The van der Waals surface area contributed by atoms with Gasteiger partial charge in [-0.3, -0.25) is 4.79 Å². The Bertz CT molecular complexity index is 1030. The summed E-state index contributed by atoms with van der Waals surface area (Å²) in [5.41, 5.74) is 0.902. The largest absolute Gasteiger partial charge is 0.490 e. The number of carbonyl (C=O) groups is 2. The Morgan fingerprint density at radius 3 is 2.39 bits per heavy atom. The first-order valence-corrected chi connectivity index (χ1v) is 10.2. The number of halogens is 1. The molecule has 0 aliphatic heterocycles. The Morgan fingerprint density at radius 2 is 1.65 bits per heavy atom. The molecule has 0 unspecified atom stereocenters. The van der Waals surface area contributed by atoms with Crippen molar-refractivity contribution in [2.24, 2.45) is 5.92 Å². The van der Waals surface area contributed by atoms with Crippen LogP contribution in [0.5, 0.6) is 5.75 Å². The van der Waals surface area contributed by atoms with Crippen molar-refractivity contribution in [1.29, 1.82) is 0 Å². The average molecular weight is 423 g/mol. The molecule has 0 bridgehead atoms. The summed E-state index contributed by atoms with van der Waals surface area (Å²) in [5.74, 6) is -0.750. The number of esters is 1. The zero-order valence-corrected chi connectivity index (χ0v) is 17.6. The van der Waals surface area contributed by atoms with E-state index in [0.717, 1.165) is 16.3 Å². The van der Waals surface area contributed by atoms with Gasteiger partial charge in [-0.05, 0) is 46.5 Å². The van der Waals surface area contributed by atoms with E-state index < -0.39 is 12.0 Å². The molecule has 1 amide bonds. The van der Waals surface area contributed by atoms with E-state index in [1.54, 1.807) is 0 Å². The summed E-state index contributed by atoms with van der Waals surface area (Å²) in [4.78, 5) is 25.1. The van der Waals surface area contributed by atoms with Gasteiger partial charge in [0.05, 0.1) is 6.42 Å². The number of hydrogen-bond donors (Lipinski definition) is 1. The average Bonchev–Trinajstić information content (AvgIpc) is 2.76. The highest BCUT2D eigenvalue weighted by Gasteiger charge is 2.25. The fraction of sp³-hybridized carbons (Fsp3) is 0.280. The smallest absolute Gasteiger partial charge is 0.329 e. The Kier molecular flexibility index (Phi) is 7.60. The molecule has 1 N–H and O–H groups in total. The van der Waals surface area contributed by atoms with Gasteiger partial charge < -0.3 is 14.8 Å². The lowest BCUT2D eigenvalue weighted by atomic mass is 10.0. The molecule has 0 spiro atoms. The second kappa shape index (κ2) is 10.6. The molecule has 1 atom stereocenters. The maximum atomic E-state index is 12.9. The molecule has 6 heteroatoms. The summed E-state index contributed by atoms with van der Waals surface area (Å²) in [7, 11) is 0. The number of benzene rings is 3. The first-order valence-electron chi connectivity index (χ1n) is 10.2. The molecule has 0 heterocycles. The van der Waals surface area contributed by atoms with E-state index in [0.29, 0.717) is 5.75 Å². The molecule has 31 heavy (non-hydrogen) atoms. The van der Waals surface area contributed by atoms with E-state index >= 15 is 0 Å². The molecule has 162 valence electrons. The van der Waals surface area contributed by atoms with Crippen LogP contribution >= 0.6 is 0 Å². The summed E-state index contributed by atoms with van der Waals surface area (Å²) >= 11 is 0. The highest BCUT2D eigenvalue weighted by molar-refractivity contribution is 5.91. The third kappa shape index (κ3) is 6.28. The van der Waals surface area contributed by atoms with Crippen LogP contribution in [0.1, 0.15) is 19.4 Å². The molecule has 0 fully saturated rings. The molecular weight excluding hydrogens is 397 g/mol. The molecule has 0 saturated heterocycles. The third-order valence-corrected chi connectivity index (χ3v) is 4.88. The Balaban J connectivity index is 1.52. The van der Waals surface area contributed by atoms with Gasteiger partial charge in [0.15, 0.2) is 0 Å². The first-order chi connectivity index (χ1) is 14.9. The summed E-state index contributed by atoms with van der Waals surface area (Å²) in [6, 6.07) is 18.5. The lowest BCUT2D eigenvalue weighted by Crippen LogP contribution is -2.46. The number of amides is 1. The summed E-state index contributed by atoms with van der Waals surface area (Å²) in [6.45, 7) is 3.85. The van der Waals surface area contributed by atoms with Gasteiger partial charge in [0.1, 0.15) is 30.8 Å². The fourth-order valence-electron chi connectivity index (χ4n) is 3.26. The minimum atomic E-state index is -0.756. The van der Waals surface area contributed by atoms with E-state index in [9.17, 15) is 14.0 Å². The summed E-state index contributed by atoms with van der Waals surface area (Å²) in [6.07, 6.45) is 0.172. The van der Waals surface area contributed by atoms with E-state index in [1.165, 1.54) is 24.3 Å². The zero-order chi connectivity index (χ0) is 22.2. The minimum Gasteiger partial charge on any atom is -0.490 e. The van der Waals surface area contributed by atoms with Crippen LogP contribution < -0.4 is 10.1 Å². The second-order valence-corrected chi connectivity index (χ2v) is 7.57. The standard InChI is InChI=1S/C25H26FNO4/c1-17(2)24(25(29)31-15-14-30-21-12-10-20(26)11-13-21)27-23(28)16-19-8-5-7-18-6-3-4-9-22(18)19/h3-13,17,24H,14-16H2,1-2H3,(H,27,28)/t24-/m0/s1. The van der Waals surface area contributed by atoms with Crippen LogP contribution in [0.15, 0.2) is 66.7 Å². The van der Waals surface area contributed by atoms with Gasteiger partial charge in [0.2, 0.25) is 5.91 Å². The van der Waals surface area contributed by atoms with Gasteiger partial charge in [-0.1, -0.05) is 56.3 Å². The van der Waals surface area contributed by atoms with Gasteiger partial charge in [0.25, 0.3) is 0 Å². The molecule has 0 aliphatic carbocycles. The van der Waals surface area contributed by atoms with E-state index in [2.05, 4.69) is 5.32 Å². The van der Waals surface area contributed by atoms with Crippen molar-refractivity contribution < 1.29 is 23.5 Å². The summed E-state index contributed by atoms with van der Waals surface area (Å²) in [5, 5.41) is 4.88. The molecule has 0 radical (unpaired) electrons. The van der Waals surface area contributed by atoms with Gasteiger partial charge in [-0.15, -0.1) is 0 Å². The van der Waals surface area contributed by atoms with Crippen molar-refractivity contribution in [3.05, 3.63) is 78.1 Å². The number of nitrogens with one attached hydrogen (secondary N) is 1. The second-order valence-electron chi connectivity index (χ2n) is 7.57. The first kappa shape index (κ1) is 22.3. The van der Waals surface area contributed by atoms with E-state index in [4.69, 9.17) is 9.47 Å². The van der Waals surface area contributed by atoms with Crippen molar-refractivity contribution in [3.63, 3.8) is 0 Å². The topological polar surface area (TPSA) is 64.6 Å². The van der Waals surface area contributed by atoms with E-state index in [1.807, 2.05) is 56.3 Å². The molecule has 3 aromatic rings. The van der Waals surface area contributed by atoms with Crippen molar-refractivity contribution in [2.45, 2.75) is 26.3 Å². The predicted octanol–water partition coefficient (Wildman–Crippen LogP) is 4.28. The lowest BCUT2D eigenvalue weighted by molar-refractivity contribution is -0.149. The van der Waals surface area contributed by atoms with Crippen LogP contribution in [-0.2, 0) is 20.7 Å². The van der Waals surface area contributed by atoms with Crippen molar-refractivity contribution in [3.8, 4) is 5.75 Å². The van der Waals surface area contributed by atoms with Crippen molar-refractivity contribution in [2.75, 3.05) is 13.2 Å². The molecule has 3 rings (SSSR count). The van der Waals surface area contributed by atoms with Crippen molar-refractivity contribution >= 4 is 22.6 Å². The van der Waals surface area contributed by atoms with Gasteiger partial charge >= 0.3 is 5.97 Å². The van der Waals surface area contributed by atoms with E-state index in [-0.39, 0.29) is 37.3 Å². The Hall–Kier alpha value is -3.41. The van der Waals surface area contributed by atoms with Gasteiger partial charge in [-0.25, -0.2) is 9.18 Å². The Morgan fingerprint density at radius 1 is 0.935 bits per heavy atom. The number of rotatable bonds is 9. The van der Waals surface area contributed by atoms with Crippen LogP contribution in [-0.4, -0.2) is 31.1 Å².